The number of rotatable bonds is 3. The molecule has 0 unspecified atom stereocenters. The topological polar surface area (TPSA) is 12.0 Å². The summed E-state index contributed by atoms with van der Waals surface area (Å²) < 4.78 is 0. The molecule has 106 valence electrons. The standard InChI is InChI=1S/C18H29N/c1-14-7-6-8-15(9-14)12-19-16-10-17(2,3)13-18(4,5)11-16/h6-9,16,19H,10-13H2,1-5H3. The van der Waals surface area contributed by atoms with Gasteiger partial charge in [0.25, 0.3) is 0 Å². The van der Waals surface area contributed by atoms with Crippen LogP contribution in [0.15, 0.2) is 24.3 Å². The summed E-state index contributed by atoms with van der Waals surface area (Å²) in [5.41, 5.74) is 3.68. The highest BCUT2D eigenvalue weighted by Crippen LogP contribution is 2.45. The van der Waals surface area contributed by atoms with Gasteiger partial charge in [0.2, 0.25) is 0 Å². The largest absolute Gasteiger partial charge is 0.310 e. The van der Waals surface area contributed by atoms with Crippen LogP contribution in [0.5, 0.6) is 0 Å². The quantitative estimate of drug-likeness (QED) is 0.830. The minimum atomic E-state index is 0.464. The summed E-state index contributed by atoms with van der Waals surface area (Å²) in [5.74, 6) is 0. The second-order valence-electron chi connectivity index (χ2n) is 7.98. The molecular formula is C18H29N. The third kappa shape index (κ3) is 4.35. The minimum Gasteiger partial charge on any atom is -0.310 e. The van der Waals surface area contributed by atoms with Gasteiger partial charge in [-0.25, -0.2) is 0 Å². The molecule has 0 bridgehead atoms. The zero-order valence-corrected chi connectivity index (χ0v) is 13.2. The molecule has 1 saturated carbocycles. The Labute approximate surface area is 118 Å². The van der Waals surface area contributed by atoms with Crippen molar-refractivity contribution in [2.75, 3.05) is 0 Å². The van der Waals surface area contributed by atoms with E-state index in [0.29, 0.717) is 16.9 Å². The van der Waals surface area contributed by atoms with E-state index in [4.69, 9.17) is 0 Å². The molecule has 1 fully saturated rings. The van der Waals surface area contributed by atoms with Crippen molar-refractivity contribution in [1.29, 1.82) is 0 Å². The number of hydrogen-bond acceptors (Lipinski definition) is 1. The van der Waals surface area contributed by atoms with Gasteiger partial charge in [-0.1, -0.05) is 57.5 Å². The Morgan fingerprint density at radius 1 is 1.11 bits per heavy atom. The third-order valence-electron chi connectivity index (χ3n) is 4.23. The SMILES string of the molecule is Cc1cccc(CNC2CC(C)(C)CC(C)(C)C2)c1. The third-order valence-corrected chi connectivity index (χ3v) is 4.23. The van der Waals surface area contributed by atoms with E-state index in [0.717, 1.165) is 6.54 Å². The highest BCUT2D eigenvalue weighted by Gasteiger charge is 2.37. The predicted molar refractivity (Wildman–Crippen MR) is 83.2 cm³/mol. The molecule has 19 heavy (non-hydrogen) atoms. The molecular weight excluding hydrogens is 230 g/mol. The van der Waals surface area contributed by atoms with Crippen LogP contribution in [0.4, 0.5) is 0 Å². The Morgan fingerprint density at radius 2 is 1.74 bits per heavy atom. The lowest BCUT2D eigenvalue weighted by Crippen LogP contribution is -2.43. The van der Waals surface area contributed by atoms with Crippen molar-refractivity contribution in [1.82, 2.24) is 5.32 Å². The molecule has 1 N–H and O–H groups in total. The fourth-order valence-electron chi connectivity index (χ4n) is 4.07. The zero-order chi connectivity index (χ0) is 14.1. The first-order chi connectivity index (χ1) is 8.76. The van der Waals surface area contributed by atoms with E-state index >= 15 is 0 Å². The van der Waals surface area contributed by atoms with Crippen LogP contribution >= 0.6 is 0 Å². The molecule has 1 nitrogen and oxygen atoms in total. The van der Waals surface area contributed by atoms with Crippen LogP contribution in [-0.4, -0.2) is 6.04 Å². The number of benzene rings is 1. The van der Waals surface area contributed by atoms with Gasteiger partial charge in [-0.05, 0) is 42.6 Å². The fraction of sp³-hybridized carbons (Fsp3) is 0.667. The maximum absolute atomic E-state index is 3.78. The van der Waals surface area contributed by atoms with Gasteiger partial charge in [0, 0.05) is 12.6 Å². The molecule has 0 atom stereocenters. The van der Waals surface area contributed by atoms with Gasteiger partial charge in [0.15, 0.2) is 0 Å². The molecule has 0 radical (unpaired) electrons. The van der Waals surface area contributed by atoms with Gasteiger partial charge in [-0.3, -0.25) is 0 Å². The Balaban J connectivity index is 1.96. The van der Waals surface area contributed by atoms with Crippen molar-refractivity contribution in [3.8, 4) is 0 Å². The summed E-state index contributed by atoms with van der Waals surface area (Å²) >= 11 is 0. The Hall–Kier alpha value is -0.820. The second-order valence-corrected chi connectivity index (χ2v) is 7.98. The van der Waals surface area contributed by atoms with Crippen molar-refractivity contribution >= 4 is 0 Å². The van der Waals surface area contributed by atoms with E-state index in [1.165, 1.54) is 30.4 Å². The second kappa shape index (κ2) is 5.28. The molecule has 0 spiro atoms. The van der Waals surface area contributed by atoms with E-state index in [1.807, 2.05) is 0 Å². The first-order valence-corrected chi connectivity index (χ1v) is 7.55. The lowest BCUT2D eigenvalue weighted by atomic mass is 9.63. The van der Waals surface area contributed by atoms with Crippen LogP contribution in [0.2, 0.25) is 0 Å². The van der Waals surface area contributed by atoms with Crippen molar-refractivity contribution in [2.24, 2.45) is 10.8 Å². The molecule has 0 saturated heterocycles. The molecule has 1 aliphatic rings. The van der Waals surface area contributed by atoms with Gasteiger partial charge >= 0.3 is 0 Å². The lowest BCUT2D eigenvalue weighted by molar-refractivity contribution is 0.0845. The van der Waals surface area contributed by atoms with E-state index in [1.54, 1.807) is 0 Å². The van der Waals surface area contributed by atoms with Crippen LogP contribution in [-0.2, 0) is 6.54 Å². The highest BCUT2D eigenvalue weighted by molar-refractivity contribution is 5.22. The van der Waals surface area contributed by atoms with Crippen LogP contribution in [0.3, 0.4) is 0 Å². The zero-order valence-electron chi connectivity index (χ0n) is 13.2. The normalized spacial score (nSPS) is 22.4. The van der Waals surface area contributed by atoms with Gasteiger partial charge < -0.3 is 5.32 Å². The molecule has 2 rings (SSSR count). The summed E-state index contributed by atoms with van der Waals surface area (Å²) in [6.45, 7) is 12.8. The van der Waals surface area contributed by atoms with E-state index in [-0.39, 0.29) is 0 Å². The first kappa shape index (κ1) is 14.6. The number of hydrogen-bond donors (Lipinski definition) is 1. The van der Waals surface area contributed by atoms with Gasteiger partial charge in [0.05, 0.1) is 0 Å². The molecule has 0 heterocycles. The molecule has 1 aliphatic carbocycles. The van der Waals surface area contributed by atoms with Crippen molar-refractivity contribution in [3.63, 3.8) is 0 Å². The number of nitrogens with one attached hydrogen (secondary N) is 1. The molecule has 0 amide bonds. The molecule has 1 heteroatoms. The Morgan fingerprint density at radius 3 is 2.32 bits per heavy atom. The van der Waals surface area contributed by atoms with Gasteiger partial charge in [-0.15, -0.1) is 0 Å². The van der Waals surface area contributed by atoms with Gasteiger partial charge in [0.1, 0.15) is 0 Å². The number of aryl methyl sites for hydroxylation is 1. The maximum Gasteiger partial charge on any atom is 0.0208 e. The van der Waals surface area contributed by atoms with Crippen LogP contribution in [0, 0.1) is 17.8 Å². The summed E-state index contributed by atoms with van der Waals surface area (Å²) in [7, 11) is 0. The van der Waals surface area contributed by atoms with E-state index in [9.17, 15) is 0 Å². The highest BCUT2D eigenvalue weighted by atomic mass is 14.9. The lowest BCUT2D eigenvalue weighted by Gasteiger charge is -2.45. The molecule has 0 aliphatic heterocycles. The molecule has 0 aromatic heterocycles. The average Bonchev–Trinajstić information content (AvgIpc) is 2.22. The fourth-order valence-corrected chi connectivity index (χ4v) is 4.07. The van der Waals surface area contributed by atoms with E-state index < -0.39 is 0 Å². The Bertz CT molecular complexity index is 415. The Kier molecular flexibility index (Phi) is 4.06. The average molecular weight is 259 g/mol. The van der Waals surface area contributed by atoms with Crippen molar-refractivity contribution in [2.45, 2.75) is 66.5 Å². The smallest absolute Gasteiger partial charge is 0.0208 e. The predicted octanol–water partition coefficient (Wildman–Crippen LogP) is 4.69. The summed E-state index contributed by atoms with van der Waals surface area (Å²) in [5, 5.41) is 3.78. The first-order valence-electron chi connectivity index (χ1n) is 7.55. The van der Waals surface area contributed by atoms with E-state index in [2.05, 4.69) is 64.2 Å². The molecule has 1 aromatic rings. The molecule has 1 aromatic carbocycles. The van der Waals surface area contributed by atoms with Gasteiger partial charge in [-0.2, -0.15) is 0 Å². The minimum absolute atomic E-state index is 0.464. The van der Waals surface area contributed by atoms with Crippen LogP contribution in [0.1, 0.15) is 58.1 Å². The maximum atomic E-state index is 3.78. The summed E-state index contributed by atoms with van der Waals surface area (Å²) in [4.78, 5) is 0. The summed E-state index contributed by atoms with van der Waals surface area (Å²) in [6, 6.07) is 9.47. The monoisotopic (exact) mass is 259 g/mol. The van der Waals surface area contributed by atoms with Crippen LogP contribution in [0.25, 0.3) is 0 Å². The van der Waals surface area contributed by atoms with Crippen molar-refractivity contribution < 1.29 is 0 Å². The van der Waals surface area contributed by atoms with Crippen molar-refractivity contribution in [3.05, 3.63) is 35.4 Å². The summed E-state index contributed by atoms with van der Waals surface area (Å²) in [6.07, 6.45) is 3.92. The van der Waals surface area contributed by atoms with Crippen LogP contribution < -0.4 is 5.32 Å².